The van der Waals surface area contributed by atoms with Gasteiger partial charge >= 0.3 is 0 Å². The lowest BCUT2D eigenvalue weighted by Gasteiger charge is -2.12. The second-order valence-electron chi connectivity index (χ2n) is 2.07. The summed E-state index contributed by atoms with van der Waals surface area (Å²) in [4.78, 5) is 1.50. The number of benzene rings is 1. The molecule has 0 saturated heterocycles. The molecule has 1 aromatic rings. The van der Waals surface area contributed by atoms with Crippen LogP contribution in [0.25, 0.3) is 0 Å². The van der Waals surface area contributed by atoms with Crippen LogP contribution in [0.1, 0.15) is 0 Å². The van der Waals surface area contributed by atoms with Gasteiger partial charge in [-0.2, -0.15) is 3.89 Å². The molecule has 0 fully saturated rings. The van der Waals surface area contributed by atoms with E-state index in [0.717, 1.165) is 4.90 Å². The van der Waals surface area contributed by atoms with Crippen molar-refractivity contribution in [2.45, 2.75) is 11.3 Å². The first-order valence-electron chi connectivity index (χ1n) is 3.16. The SMILES string of the molecule is FSc1ccccc1SC(Br)(Br)Br. The normalized spacial score (nSPS) is 11.7. The van der Waals surface area contributed by atoms with Crippen molar-refractivity contribution < 1.29 is 3.89 Å². The molecule has 1 rings (SSSR count). The minimum atomic E-state index is -0.432. The van der Waals surface area contributed by atoms with Gasteiger partial charge < -0.3 is 0 Å². The summed E-state index contributed by atoms with van der Waals surface area (Å²) in [5.74, 6) is 0. The maximum Gasteiger partial charge on any atom is 0.184 e. The van der Waals surface area contributed by atoms with Crippen LogP contribution >= 0.6 is 71.7 Å². The molecule has 0 aliphatic rings. The Morgan fingerprint density at radius 3 is 2.08 bits per heavy atom. The Morgan fingerprint density at radius 1 is 1.08 bits per heavy atom. The van der Waals surface area contributed by atoms with E-state index in [-0.39, 0.29) is 12.1 Å². The Kier molecular flexibility index (Phi) is 5.13. The highest BCUT2D eigenvalue weighted by molar-refractivity contribution is 9.42. The van der Waals surface area contributed by atoms with Gasteiger partial charge in [-0.1, -0.05) is 23.9 Å². The summed E-state index contributed by atoms with van der Waals surface area (Å²) in [7, 11) is 0. The van der Waals surface area contributed by atoms with Gasteiger partial charge in [-0.05, 0) is 59.9 Å². The van der Waals surface area contributed by atoms with E-state index in [4.69, 9.17) is 0 Å². The molecule has 0 aliphatic carbocycles. The van der Waals surface area contributed by atoms with E-state index in [1.807, 2.05) is 18.2 Å². The third-order valence-electron chi connectivity index (χ3n) is 1.16. The minimum absolute atomic E-state index is 0.253. The molecule has 0 heterocycles. The van der Waals surface area contributed by atoms with Crippen LogP contribution in [-0.4, -0.2) is 1.47 Å². The predicted octanol–water partition coefficient (Wildman–Crippen LogP) is 5.55. The zero-order valence-corrected chi connectivity index (χ0v) is 12.5. The van der Waals surface area contributed by atoms with Crippen molar-refractivity contribution in [1.82, 2.24) is 0 Å². The molecule has 0 aromatic heterocycles. The molecule has 1 aromatic carbocycles. The molecule has 0 unspecified atom stereocenters. The summed E-state index contributed by atoms with van der Waals surface area (Å²) in [6.45, 7) is 0. The second kappa shape index (κ2) is 5.39. The smallest absolute Gasteiger partial charge is 0.160 e. The van der Waals surface area contributed by atoms with Crippen LogP contribution in [0, 0.1) is 0 Å². The van der Waals surface area contributed by atoms with Gasteiger partial charge in [-0.25, -0.2) is 0 Å². The molecule has 0 saturated carbocycles. The Balaban J connectivity index is 2.87. The lowest BCUT2D eigenvalue weighted by Crippen LogP contribution is -1.90. The van der Waals surface area contributed by atoms with Crippen LogP contribution in [0.5, 0.6) is 0 Å². The fourth-order valence-corrected chi connectivity index (χ4v) is 3.35. The Labute approximate surface area is 110 Å². The zero-order valence-electron chi connectivity index (χ0n) is 6.14. The highest BCUT2D eigenvalue weighted by atomic mass is 80.0. The molecule has 0 atom stereocenters. The van der Waals surface area contributed by atoms with Crippen molar-refractivity contribution in [2.24, 2.45) is 0 Å². The molecular formula is C7H4Br3FS2. The summed E-state index contributed by atoms with van der Waals surface area (Å²) in [6.07, 6.45) is 0. The van der Waals surface area contributed by atoms with Gasteiger partial charge in [0.25, 0.3) is 0 Å². The zero-order chi connectivity index (χ0) is 9.90. The molecule has 13 heavy (non-hydrogen) atoms. The quantitative estimate of drug-likeness (QED) is 0.463. The van der Waals surface area contributed by atoms with Crippen molar-refractivity contribution in [2.75, 3.05) is 0 Å². The molecule has 0 radical (unpaired) electrons. The standard InChI is InChI=1S/C7H4Br3FS2/c8-7(9,10)12-5-3-1-2-4-6(5)13-11/h1-4H. The minimum Gasteiger partial charge on any atom is -0.160 e. The fraction of sp³-hybridized carbons (Fsp3) is 0.143. The van der Waals surface area contributed by atoms with Crippen molar-refractivity contribution in [3.8, 4) is 0 Å². The van der Waals surface area contributed by atoms with E-state index in [0.29, 0.717) is 4.90 Å². The van der Waals surface area contributed by atoms with Gasteiger partial charge in [-0.15, -0.1) is 0 Å². The molecule has 0 aliphatic heterocycles. The first kappa shape index (κ1) is 12.4. The van der Waals surface area contributed by atoms with Gasteiger partial charge in [-0.3, -0.25) is 0 Å². The van der Waals surface area contributed by atoms with Crippen molar-refractivity contribution >= 4 is 71.7 Å². The van der Waals surface area contributed by atoms with E-state index in [1.165, 1.54) is 11.8 Å². The highest BCUT2D eigenvalue weighted by Gasteiger charge is 2.20. The average molecular weight is 411 g/mol. The average Bonchev–Trinajstić information content (AvgIpc) is 2.02. The van der Waals surface area contributed by atoms with E-state index >= 15 is 0 Å². The lowest BCUT2D eigenvalue weighted by atomic mass is 10.4. The molecule has 6 heteroatoms. The maximum absolute atomic E-state index is 12.4. The molecule has 0 N–H and O–H groups in total. The summed E-state index contributed by atoms with van der Waals surface area (Å²) in [5.41, 5.74) is 0. The molecule has 0 bridgehead atoms. The maximum atomic E-state index is 12.4. The number of rotatable bonds is 2. The summed E-state index contributed by atoms with van der Waals surface area (Å²) >= 11 is 11.7. The van der Waals surface area contributed by atoms with Crippen LogP contribution in [-0.2, 0) is 0 Å². The topological polar surface area (TPSA) is 0 Å². The second-order valence-corrected chi connectivity index (χ2v) is 12.3. The van der Waals surface area contributed by atoms with Crippen LogP contribution in [0.4, 0.5) is 3.89 Å². The first-order chi connectivity index (χ1) is 6.03. The Morgan fingerprint density at radius 2 is 1.62 bits per heavy atom. The lowest BCUT2D eigenvalue weighted by molar-refractivity contribution is 0.927. The van der Waals surface area contributed by atoms with Crippen LogP contribution < -0.4 is 0 Å². The van der Waals surface area contributed by atoms with Gasteiger partial charge in [0.2, 0.25) is 0 Å². The molecule has 0 nitrogen and oxygen atoms in total. The van der Waals surface area contributed by atoms with Crippen LogP contribution in [0.3, 0.4) is 0 Å². The Bertz CT molecular complexity index is 287. The van der Waals surface area contributed by atoms with E-state index in [1.54, 1.807) is 6.07 Å². The van der Waals surface area contributed by atoms with Gasteiger partial charge in [0.1, 0.15) is 0 Å². The Hall–Kier alpha value is 1.29. The van der Waals surface area contributed by atoms with Gasteiger partial charge in [0.15, 0.2) is 1.47 Å². The number of halogens is 4. The van der Waals surface area contributed by atoms with Gasteiger partial charge in [0, 0.05) is 4.90 Å². The van der Waals surface area contributed by atoms with Crippen molar-refractivity contribution in [3.63, 3.8) is 0 Å². The van der Waals surface area contributed by atoms with Crippen molar-refractivity contribution in [3.05, 3.63) is 24.3 Å². The van der Waals surface area contributed by atoms with Crippen molar-refractivity contribution in [1.29, 1.82) is 0 Å². The van der Waals surface area contributed by atoms with E-state index in [2.05, 4.69) is 47.8 Å². The third kappa shape index (κ3) is 4.55. The molecule has 0 spiro atoms. The monoisotopic (exact) mass is 408 g/mol. The molecule has 72 valence electrons. The predicted molar refractivity (Wildman–Crippen MR) is 68.8 cm³/mol. The highest BCUT2D eigenvalue weighted by Crippen LogP contribution is 2.50. The van der Waals surface area contributed by atoms with Gasteiger partial charge in [0.05, 0.1) is 17.0 Å². The molecular weight excluding hydrogens is 407 g/mol. The number of alkyl halides is 3. The summed E-state index contributed by atoms with van der Waals surface area (Å²) < 4.78 is 12.0. The number of hydrogen-bond donors (Lipinski definition) is 0. The largest absolute Gasteiger partial charge is 0.184 e. The van der Waals surface area contributed by atoms with E-state index < -0.39 is 1.47 Å². The third-order valence-corrected chi connectivity index (χ3v) is 4.07. The fourth-order valence-electron chi connectivity index (χ4n) is 0.723. The van der Waals surface area contributed by atoms with Crippen LogP contribution in [0.15, 0.2) is 34.1 Å². The number of thioether (sulfide) groups is 1. The first-order valence-corrected chi connectivity index (χ1v) is 7.07. The van der Waals surface area contributed by atoms with Crippen LogP contribution in [0.2, 0.25) is 0 Å². The van der Waals surface area contributed by atoms with E-state index in [9.17, 15) is 3.89 Å². The molecule has 0 amide bonds. The summed E-state index contributed by atoms with van der Waals surface area (Å²) in [6, 6.07) is 7.29. The number of hydrogen-bond acceptors (Lipinski definition) is 2. The summed E-state index contributed by atoms with van der Waals surface area (Å²) in [5, 5.41) is 0.